The lowest BCUT2D eigenvalue weighted by molar-refractivity contribution is -0.0325. The third-order valence-corrected chi connectivity index (χ3v) is 4.84. The van der Waals surface area contributed by atoms with Crippen LogP contribution < -0.4 is 5.32 Å². The van der Waals surface area contributed by atoms with Crippen LogP contribution in [0.2, 0.25) is 0 Å². The van der Waals surface area contributed by atoms with Crippen molar-refractivity contribution < 1.29 is 4.74 Å². The van der Waals surface area contributed by atoms with Gasteiger partial charge < -0.3 is 10.1 Å². The van der Waals surface area contributed by atoms with E-state index in [1.54, 1.807) is 11.3 Å². The van der Waals surface area contributed by atoms with Gasteiger partial charge >= 0.3 is 0 Å². The molecule has 0 bridgehead atoms. The van der Waals surface area contributed by atoms with Gasteiger partial charge in [0.25, 0.3) is 0 Å². The molecule has 1 aromatic heterocycles. The molecule has 1 aliphatic carbocycles. The van der Waals surface area contributed by atoms with E-state index in [1.165, 1.54) is 19.3 Å². The van der Waals surface area contributed by atoms with Crippen LogP contribution in [0.15, 0.2) is 5.38 Å². The first-order chi connectivity index (χ1) is 9.48. The molecule has 20 heavy (non-hydrogen) atoms. The first-order valence-corrected chi connectivity index (χ1v) is 8.62. The van der Waals surface area contributed by atoms with E-state index in [0.717, 1.165) is 29.7 Å². The summed E-state index contributed by atoms with van der Waals surface area (Å²) in [5.41, 5.74) is 1.50. The summed E-state index contributed by atoms with van der Waals surface area (Å²) < 4.78 is 6.12. The Morgan fingerprint density at radius 3 is 2.95 bits per heavy atom. The molecule has 1 aliphatic rings. The SMILES string of the molecule is CCNCc1nc(COC2CC(C)CC(C)(C)C2)cs1. The van der Waals surface area contributed by atoms with Crippen LogP contribution >= 0.6 is 11.3 Å². The largest absolute Gasteiger partial charge is 0.372 e. The second-order valence-electron chi connectivity index (χ2n) is 6.86. The lowest BCUT2D eigenvalue weighted by atomic mass is 9.71. The third-order valence-electron chi connectivity index (χ3n) is 3.94. The molecule has 0 saturated heterocycles. The van der Waals surface area contributed by atoms with Gasteiger partial charge in [0.15, 0.2) is 0 Å². The summed E-state index contributed by atoms with van der Waals surface area (Å²) in [6.07, 6.45) is 4.08. The zero-order valence-electron chi connectivity index (χ0n) is 13.2. The smallest absolute Gasteiger partial charge is 0.107 e. The van der Waals surface area contributed by atoms with Crippen molar-refractivity contribution in [2.45, 2.75) is 66.2 Å². The Labute approximate surface area is 127 Å². The van der Waals surface area contributed by atoms with Crippen molar-refractivity contribution in [1.29, 1.82) is 0 Å². The van der Waals surface area contributed by atoms with Gasteiger partial charge in [0.05, 0.1) is 18.4 Å². The number of ether oxygens (including phenoxy) is 1. The highest BCUT2D eigenvalue weighted by molar-refractivity contribution is 7.09. The van der Waals surface area contributed by atoms with Crippen LogP contribution in [0, 0.1) is 11.3 Å². The topological polar surface area (TPSA) is 34.2 Å². The summed E-state index contributed by atoms with van der Waals surface area (Å²) in [7, 11) is 0. The van der Waals surface area contributed by atoms with Crippen LogP contribution in [-0.4, -0.2) is 17.6 Å². The first-order valence-electron chi connectivity index (χ1n) is 7.74. The van der Waals surface area contributed by atoms with Gasteiger partial charge in [-0.2, -0.15) is 0 Å². The molecular weight excluding hydrogens is 268 g/mol. The van der Waals surface area contributed by atoms with E-state index < -0.39 is 0 Å². The Kier molecular flexibility index (Phi) is 5.58. The zero-order chi connectivity index (χ0) is 14.6. The summed E-state index contributed by atoms with van der Waals surface area (Å²) in [6, 6.07) is 0. The van der Waals surface area contributed by atoms with Gasteiger partial charge in [0.1, 0.15) is 5.01 Å². The number of hydrogen-bond donors (Lipinski definition) is 1. The van der Waals surface area contributed by atoms with Gasteiger partial charge in [-0.15, -0.1) is 11.3 Å². The second kappa shape index (κ2) is 7.01. The molecule has 1 fully saturated rings. The van der Waals surface area contributed by atoms with E-state index in [0.29, 0.717) is 18.1 Å². The number of rotatable bonds is 6. The van der Waals surface area contributed by atoms with E-state index in [1.807, 2.05) is 0 Å². The van der Waals surface area contributed by atoms with Crippen molar-refractivity contribution in [3.63, 3.8) is 0 Å². The summed E-state index contributed by atoms with van der Waals surface area (Å²) in [6.45, 7) is 11.7. The fourth-order valence-corrected chi connectivity index (χ4v) is 4.07. The maximum absolute atomic E-state index is 6.12. The maximum Gasteiger partial charge on any atom is 0.107 e. The van der Waals surface area contributed by atoms with Crippen LogP contribution in [0.5, 0.6) is 0 Å². The van der Waals surface area contributed by atoms with Gasteiger partial charge in [0.2, 0.25) is 0 Å². The Bertz CT molecular complexity index is 416. The summed E-state index contributed by atoms with van der Waals surface area (Å²) >= 11 is 1.72. The highest BCUT2D eigenvalue weighted by Gasteiger charge is 2.32. The molecule has 1 saturated carbocycles. The molecule has 1 aromatic rings. The standard InChI is InChI=1S/C16H28N2OS/c1-5-17-9-15-18-13(11-20-15)10-19-14-6-12(2)7-16(3,4)8-14/h11-12,14,17H,5-10H2,1-4H3. The van der Waals surface area contributed by atoms with E-state index in [4.69, 9.17) is 4.74 Å². The fraction of sp³-hybridized carbons (Fsp3) is 0.812. The van der Waals surface area contributed by atoms with Crippen LogP contribution in [0.4, 0.5) is 0 Å². The van der Waals surface area contributed by atoms with Crippen molar-refractivity contribution in [3.8, 4) is 0 Å². The lowest BCUT2D eigenvalue weighted by Crippen LogP contribution is -2.32. The molecule has 2 rings (SSSR count). The quantitative estimate of drug-likeness (QED) is 0.862. The van der Waals surface area contributed by atoms with Gasteiger partial charge in [-0.3, -0.25) is 0 Å². The highest BCUT2D eigenvalue weighted by Crippen LogP contribution is 2.39. The molecule has 2 unspecified atom stereocenters. The Morgan fingerprint density at radius 2 is 2.25 bits per heavy atom. The van der Waals surface area contributed by atoms with Gasteiger partial charge in [-0.1, -0.05) is 27.7 Å². The second-order valence-corrected chi connectivity index (χ2v) is 7.80. The summed E-state index contributed by atoms with van der Waals surface area (Å²) in [5, 5.41) is 6.59. The molecule has 0 aliphatic heterocycles. The predicted molar refractivity (Wildman–Crippen MR) is 84.9 cm³/mol. The van der Waals surface area contributed by atoms with E-state index in [2.05, 4.69) is 43.4 Å². The molecule has 4 heteroatoms. The number of aromatic nitrogens is 1. The molecule has 1 N–H and O–H groups in total. The van der Waals surface area contributed by atoms with Crippen molar-refractivity contribution in [3.05, 3.63) is 16.1 Å². The number of thiazole rings is 1. The monoisotopic (exact) mass is 296 g/mol. The molecule has 0 radical (unpaired) electrons. The van der Waals surface area contributed by atoms with Crippen molar-refractivity contribution in [2.75, 3.05) is 6.54 Å². The molecule has 0 aromatic carbocycles. The number of nitrogens with one attached hydrogen (secondary N) is 1. The van der Waals surface area contributed by atoms with E-state index in [9.17, 15) is 0 Å². The summed E-state index contributed by atoms with van der Waals surface area (Å²) in [5.74, 6) is 0.767. The van der Waals surface area contributed by atoms with Crippen molar-refractivity contribution >= 4 is 11.3 Å². The van der Waals surface area contributed by atoms with Gasteiger partial charge in [0, 0.05) is 11.9 Å². The van der Waals surface area contributed by atoms with Crippen LogP contribution in [-0.2, 0) is 17.9 Å². The minimum absolute atomic E-state index is 0.396. The Morgan fingerprint density at radius 1 is 1.45 bits per heavy atom. The highest BCUT2D eigenvalue weighted by atomic mass is 32.1. The van der Waals surface area contributed by atoms with Crippen molar-refractivity contribution in [2.24, 2.45) is 11.3 Å². The van der Waals surface area contributed by atoms with E-state index >= 15 is 0 Å². The molecule has 114 valence electrons. The predicted octanol–water partition coefficient (Wildman–Crippen LogP) is 3.98. The van der Waals surface area contributed by atoms with Gasteiger partial charge in [-0.25, -0.2) is 4.98 Å². The van der Waals surface area contributed by atoms with Crippen LogP contribution in [0.3, 0.4) is 0 Å². The Hall–Kier alpha value is -0.450. The molecule has 2 atom stereocenters. The molecule has 3 nitrogen and oxygen atoms in total. The zero-order valence-corrected chi connectivity index (χ0v) is 14.1. The van der Waals surface area contributed by atoms with Gasteiger partial charge in [-0.05, 0) is 37.1 Å². The minimum atomic E-state index is 0.396. The summed E-state index contributed by atoms with van der Waals surface area (Å²) in [4.78, 5) is 4.62. The molecule has 0 spiro atoms. The first kappa shape index (κ1) is 15.9. The molecule has 0 amide bonds. The van der Waals surface area contributed by atoms with Crippen LogP contribution in [0.1, 0.15) is 57.7 Å². The number of nitrogens with zero attached hydrogens (tertiary/aromatic N) is 1. The molecule has 1 heterocycles. The number of hydrogen-bond acceptors (Lipinski definition) is 4. The Balaban J connectivity index is 1.81. The maximum atomic E-state index is 6.12. The fourth-order valence-electron chi connectivity index (χ4n) is 3.32. The third kappa shape index (κ3) is 4.83. The average Bonchev–Trinajstić information content (AvgIpc) is 2.79. The molecular formula is C16H28N2OS. The lowest BCUT2D eigenvalue weighted by Gasteiger charge is -2.38. The normalized spacial score (nSPS) is 25.8. The van der Waals surface area contributed by atoms with Crippen LogP contribution in [0.25, 0.3) is 0 Å². The minimum Gasteiger partial charge on any atom is -0.372 e. The van der Waals surface area contributed by atoms with Crippen molar-refractivity contribution in [1.82, 2.24) is 10.3 Å². The average molecular weight is 296 g/mol. The van der Waals surface area contributed by atoms with E-state index in [-0.39, 0.29) is 0 Å².